The third-order valence-electron chi connectivity index (χ3n) is 4.98. The molecule has 1 N–H and O–H groups in total. The van der Waals surface area contributed by atoms with Gasteiger partial charge in [0.1, 0.15) is 6.54 Å². The first-order valence-electron chi connectivity index (χ1n) is 8.81. The Balaban J connectivity index is 1.53. The number of hydrogen-bond acceptors (Lipinski definition) is 4. The molecule has 24 heavy (non-hydrogen) atoms. The molecule has 1 aromatic heterocycles. The Morgan fingerprint density at radius 2 is 2.08 bits per heavy atom. The van der Waals surface area contributed by atoms with Gasteiger partial charge in [-0.05, 0) is 26.7 Å². The first kappa shape index (κ1) is 17.2. The topological polar surface area (TPSA) is 65.5 Å². The van der Waals surface area contributed by atoms with Gasteiger partial charge in [0.05, 0.1) is 16.7 Å². The van der Waals surface area contributed by atoms with Crippen LogP contribution < -0.4 is 5.32 Å². The van der Waals surface area contributed by atoms with Gasteiger partial charge in [0, 0.05) is 24.5 Å². The van der Waals surface area contributed by atoms with Gasteiger partial charge in [-0.3, -0.25) is 4.79 Å². The Morgan fingerprint density at radius 1 is 1.33 bits per heavy atom. The summed E-state index contributed by atoms with van der Waals surface area (Å²) in [5.74, 6) is 0.0838. The molecule has 7 heteroatoms. The second-order valence-corrected chi connectivity index (χ2v) is 7.83. The minimum atomic E-state index is -0.176. The summed E-state index contributed by atoms with van der Waals surface area (Å²) in [6, 6.07) is 0.0621. The van der Waals surface area contributed by atoms with E-state index < -0.39 is 0 Å². The molecule has 0 radical (unpaired) electrons. The molecule has 1 aliphatic heterocycles. The smallest absolute Gasteiger partial charge is 0.318 e. The molecule has 1 aromatic rings. The summed E-state index contributed by atoms with van der Waals surface area (Å²) in [5.41, 5.74) is 0.873. The molecule has 1 aliphatic carbocycles. The van der Waals surface area contributed by atoms with E-state index in [1.165, 1.54) is 19.3 Å². The number of piperazine rings is 1. The predicted octanol–water partition coefficient (Wildman–Crippen LogP) is 2.70. The van der Waals surface area contributed by atoms with Gasteiger partial charge >= 0.3 is 6.03 Å². The Hall–Kier alpha value is -1.63. The van der Waals surface area contributed by atoms with Gasteiger partial charge in [-0.1, -0.05) is 19.3 Å². The van der Waals surface area contributed by atoms with Crippen molar-refractivity contribution in [3.05, 3.63) is 16.1 Å². The second kappa shape index (κ2) is 7.51. The van der Waals surface area contributed by atoms with E-state index in [1.54, 1.807) is 16.2 Å². The number of urea groups is 1. The van der Waals surface area contributed by atoms with Crippen molar-refractivity contribution in [1.82, 2.24) is 20.1 Å². The fourth-order valence-corrected chi connectivity index (χ4v) is 4.27. The van der Waals surface area contributed by atoms with Crippen molar-refractivity contribution in [3.63, 3.8) is 0 Å². The molecular weight excluding hydrogens is 324 g/mol. The van der Waals surface area contributed by atoms with Crippen LogP contribution in [-0.4, -0.2) is 52.4 Å². The Labute approximate surface area is 147 Å². The number of aromatic nitrogens is 1. The summed E-state index contributed by atoms with van der Waals surface area (Å²) in [7, 11) is 0. The van der Waals surface area contributed by atoms with Gasteiger partial charge in [0.15, 0.2) is 0 Å². The molecule has 3 amide bonds. The van der Waals surface area contributed by atoms with Crippen molar-refractivity contribution in [1.29, 1.82) is 0 Å². The van der Waals surface area contributed by atoms with Crippen LogP contribution in [0.5, 0.6) is 0 Å². The molecule has 3 rings (SSSR count). The van der Waals surface area contributed by atoms with E-state index in [-0.39, 0.29) is 24.5 Å². The van der Waals surface area contributed by atoms with E-state index in [4.69, 9.17) is 0 Å². The quantitative estimate of drug-likeness (QED) is 0.911. The molecular formula is C17H26N4O2S. The maximum atomic E-state index is 12.5. The van der Waals surface area contributed by atoms with Gasteiger partial charge in [-0.2, -0.15) is 0 Å². The maximum Gasteiger partial charge on any atom is 0.318 e. The van der Waals surface area contributed by atoms with Crippen molar-refractivity contribution in [2.45, 2.75) is 58.0 Å². The summed E-state index contributed by atoms with van der Waals surface area (Å²) < 4.78 is 0. The number of nitrogens with one attached hydrogen (secondary N) is 1. The van der Waals surface area contributed by atoms with Crippen molar-refractivity contribution in [2.75, 3.05) is 19.6 Å². The monoisotopic (exact) mass is 350 g/mol. The normalized spacial score (nSPS) is 21.0. The zero-order valence-electron chi connectivity index (χ0n) is 14.5. The van der Waals surface area contributed by atoms with Crippen molar-refractivity contribution >= 4 is 23.3 Å². The van der Waals surface area contributed by atoms with Crippen LogP contribution in [0.1, 0.15) is 55.8 Å². The fraction of sp³-hybridized carbons (Fsp3) is 0.706. The lowest BCUT2D eigenvalue weighted by Crippen LogP contribution is -2.57. The molecule has 6 nitrogen and oxygen atoms in total. The molecule has 2 aliphatic rings. The summed E-state index contributed by atoms with van der Waals surface area (Å²) in [5, 5.41) is 5.91. The van der Waals surface area contributed by atoms with Crippen LogP contribution in [-0.2, 0) is 4.79 Å². The van der Waals surface area contributed by atoms with Crippen LogP contribution in [0.4, 0.5) is 4.79 Å². The van der Waals surface area contributed by atoms with Gasteiger partial charge < -0.3 is 15.1 Å². The number of carbonyl (C=O) groups is 2. The Bertz CT molecular complexity index is 597. The lowest BCUT2D eigenvalue weighted by molar-refractivity contribution is -0.138. The maximum absolute atomic E-state index is 12.5. The molecule has 1 unspecified atom stereocenters. The number of amides is 3. The van der Waals surface area contributed by atoms with E-state index in [2.05, 4.69) is 10.3 Å². The lowest BCUT2D eigenvalue weighted by atomic mass is 9.93. The first-order chi connectivity index (χ1) is 11.5. The average molecular weight is 350 g/mol. The Morgan fingerprint density at radius 3 is 2.71 bits per heavy atom. The molecule has 2 heterocycles. The molecule has 0 aromatic carbocycles. The number of aryl methyl sites for hydroxylation is 1. The number of nitrogens with zero attached hydrogens (tertiary/aromatic N) is 3. The molecule has 0 bridgehead atoms. The predicted molar refractivity (Wildman–Crippen MR) is 94.0 cm³/mol. The summed E-state index contributed by atoms with van der Waals surface area (Å²) in [6.45, 7) is 5.32. The van der Waals surface area contributed by atoms with Crippen LogP contribution in [0.3, 0.4) is 0 Å². The van der Waals surface area contributed by atoms with Crippen molar-refractivity contribution in [3.8, 4) is 0 Å². The molecule has 0 spiro atoms. The van der Waals surface area contributed by atoms with Gasteiger partial charge in [-0.25, -0.2) is 9.78 Å². The van der Waals surface area contributed by atoms with Crippen LogP contribution in [0.2, 0.25) is 0 Å². The average Bonchev–Trinajstić information content (AvgIpc) is 3.02. The molecule has 2 fully saturated rings. The molecule has 1 saturated carbocycles. The summed E-state index contributed by atoms with van der Waals surface area (Å²) in [6.07, 6.45) is 5.92. The van der Waals surface area contributed by atoms with Crippen LogP contribution >= 0.6 is 11.3 Å². The standard InChI is InChI=1S/C17H26N4O2S/c1-12(15-11-24-13(2)19-15)18-17(23)20-8-9-21(16(22)10-20)14-6-4-3-5-7-14/h11-12,14H,3-10H2,1-2H3,(H,18,23). The highest BCUT2D eigenvalue weighted by Crippen LogP contribution is 2.24. The molecule has 1 saturated heterocycles. The number of rotatable bonds is 3. The zero-order chi connectivity index (χ0) is 17.1. The highest BCUT2D eigenvalue weighted by atomic mass is 32.1. The minimum Gasteiger partial charge on any atom is -0.336 e. The van der Waals surface area contributed by atoms with Crippen LogP contribution in [0, 0.1) is 6.92 Å². The second-order valence-electron chi connectivity index (χ2n) is 6.76. The number of thiazole rings is 1. The Kier molecular flexibility index (Phi) is 5.38. The first-order valence-corrected chi connectivity index (χ1v) is 9.69. The van der Waals surface area contributed by atoms with E-state index in [9.17, 15) is 9.59 Å². The van der Waals surface area contributed by atoms with E-state index in [0.717, 1.165) is 23.5 Å². The van der Waals surface area contributed by atoms with Gasteiger partial charge in [0.2, 0.25) is 5.91 Å². The highest BCUT2D eigenvalue weighted by molar-refractivity contribution is 7.09. The number of hydrogen-bond donors (Lipinski definition) is 1. The van der Waals surface area contributed by atoms with Crippen LogP contribution in [0.25, 0.3) is 0 Å². The van der Waals surface area contributed by atoms with Crippen molar-refractivity contribution < 1.29 is 9.59 Å². The lowest BCUT2D eigenvalue weighted by Gasteiger charge is -2.40. The molecule has 132 valence electrons. The zero-order valence-corrected chi connectivity index (χ0v) is 15.3. The summed E-state index contributed by atoms with van der Waals surface area (Å²) in [4.78, 5) is 32.9. The third-order valence-corrected chi connectivity index (χ3v) is 5.77. The van der Waals surface area contributed by atoms with E-state index in [1.807, 2.05) is 24.1 Å². The van der Waals surface area contributed by atoms with E-state index in [0.29, 0.717) is 19.1 Å². The van der Waals surface area contributed by atoms with Gasteiger partial charge in [-0.15, -0.1) is 11.3 Å². The summed E-state index contributed by atoms with van der Waals surface area (Å²) >= 11 is 1.58. The minimum absolute atomic E-state index is 0.0838. The van der Waals surface area contributed by atoms with Gasteiger partial charge in [0.25, 0.3) is 0 Å². The SMILES string of the molecule is Cc1nc(C(C)NC(=O)N2CCN(C3CCCCC3)C(=O)C2)cs1. The van der Waals surface area contributed by atoms with Crippen LogP contribution in [0.15, 0.2) is 5.38 Å². The van der Waals surface area contributed by atoms with Crippen molar-refractivity contribution in [2.24, 2.45) is 0 Å². The fourth-order valence-electron chi connectivity index (χ4n) is 3.57. The highest BCUT2D eigenvalue weighted by Gasteiger charge is 2.32. The van der Waals surface area contributed by atoms with E-state index >= 15 is 0 Å². The number of carbonyl (C=O) groups excluding carboxylic acids is 2. The molecule has 1 atom stereocenters. The third kappa shape index (κ3) is 3.88. The largest absolute Gasteiger partial charge is 0.336 e.